The fourth-order valence-corrected chi connectivity index (χ4v) is 3.39. The molecule has 1 aliphatic rings. The van der Waals surface area contributed by atoms with Gasteiger partial charge in [-0.1, -0.05) is 0 Å². The van der Waals surface area contributed by atoms with Gasteiger partial charge in [0.05, 0.1) is 19.5 Å². The van der Waals surface area contributed by atoms with Crippen LogP contribution in [0.15, 0.2) is 18.2 Å². The van der Waals surface area contributed by atoms with Crippen molar-refractivity contribution in [3.05, 3.63) is 35.4 Å². The molecule has 0 spiro atoms. The summed E-state index contributed by atoms with van der Waals surface area (Å²) in [6.45, 7) is 3.81. The maximum absolute atomic E-state index is 13.2. The second-order valence-electron chi connectivity index (χ2n) is 6.00. The largest absolute Gasteiger partial charge is 0.379 e. The van der Waals surface area contributed by atoms with E-state index >= 15 is 0 Å². The van der Waals surface area contributed by atoms with Crippen LogP contribution in [0.4, 0.5) is 8.78 Å². The number of morpholine rings is 1. The van der Waals surface area contributed by atoms with Crippen molar-refractivity contribution in [1.82, 2.24) is 14.5 Å². The Balaban J connectivity index is 1.84. The minimum atomic E-state index is -3.43. The maximum Gasteiger partial charge on any atom is 0.251 e. The minimum Gasteiger partial charge on any atom is -0.379 e. The molecule has 1 fully saturated rings. The summed E-state index contributed by atoms with van der Waals surface area (Å²) in [5, 5.41) is 2.52. The van der Waals surface area contributed by atoms with Crippen LogP contribution >= 0.6 is 0 Å². The van der Waals surface area contributed by atoms with Gasteiger partial charge >= 0.3 is 0 Å². The van der Waals surface area contributed by atoms with Crippen molar-refractivity contribution >= 4 is 15.9 Å². The summed E-state index contributed by atoms with van der Waals surface area (Å²) in [7, 11) is -3.43. The van der Waals surface area contributed by atoms with Crippen molar-refractivity contribution in [2.75, 3.05) is 58.7 Å². The van der Waals surface area contributed by atoms with Crippen LogP contribution in [0.5, 0.6) is 0 Å². The number of hydrogen-bond donors (Lipinski definition) is 1. The average molecular weight is 391 g/mol. The Hall–Kier alpha value is -1.62. The number of benzene rings is 1. The number of nitrogens with zero attached hydrogens (tertiary/aromatic N) is 2. The van der Waals surface area contributed by atoms with Crippen LogP contribution in [-0.4, -0.2) is 82.3 Å². The predicted octanol–water partition coefficient (Wildman–Crippen LogP) is 0.288. The molecule has 1 amide bonds. The molecule has 2 rings (SSSR count). The number of nitrogens with one attached hydrogen (secondary N) is 1. The Morgan fingerprint density at radius 3 is 2.54 bits per heavy atom. The molecule has 1 heterocycles. The van der Waals surface area contributed by atoms with Gasteiger partial charge in [-0.3, -0.25) is 9.69 Å². The molecular formula is C16H23F2N3O4S. The zero-order valence-corrected chi connectivity index (χ0v) is 15.4. The molecule has 1 aromatic carbocycles. The van der Waals surface area contributed by atoms with Crippen molar-refractivity contribution in [1.29, 1.82) is 0 Å². The lowest BCUT2D eigenvalue weighted by molar-refractivity contribution is 0.0363. The third kappa shape index (κ3) is 6.27. The maximum atomic E-state index is 13.2. The minimum absolute atomic E-state index is 0.0249. The second-order valence-corrected chi connectivity index (χ2v) is 7.98. The van der Waals surface area contributed by atoms with Gasteiger partial charge in [-0.2, -0.15) is 4.31 Å². The molecule has 0 bridgehead atoms. The molecule has 10 heteroatoms. The van der Waals surface area contributed by atoms with Crippen LogP contribution in [0.25, 0.3) is 0 Å². The zero-order valence-electron chi connectivity index (χ0n) is 14.6. The first-order valence-electron chi connectivity index (χ1n) is 8.26. The van der Waals surface area contributed by atoms with E-state index in [0.29, 0.717) is 26.3 Å². The summed E-state index contributed by atoms with van der Waals surface area (Å²) in [5.74, 6) is -2.74. The van der Waals surface area contributed by atoms with Gasteiger partial charge in [-0.05, 0) is 18.2 Å². The molecule has 1 aromatic rings. The highest BCUT2D eigenvalue weighted by Gasteiger charge is 2.19. The molecule has 0 saturated carbocycles. The van der Waals surface area contributed by atoms with Gasteiger partial charge in [0.25, 0.3) is 5.91 Å². The number of sulfonamides is 1. The predicted molar refractivity (Wildman–Crippen MR) is 92.4 cm³/mol. The lowest BCUT2D eigenvalue weighted by Gasteiger charge is -2.29. The van der Waals surface area contributed by atoms with E-state index in [2.05, 4.69) is 10.2 Å². The van der Waals surface area contributed by atoms with Crippen LogP contribution in [0.3, 0.4) is 0 Å². The van der Waals surface area contributed by atoms with Gasteiger partial charge in [0.2, 0.25) is 10.0 Å². The monoisotopic (exact) mass is 391 g/mol. The van der Waals surface area contributed by atoms with Gasteiger partial charge in [0.15, 0.2) is 11.6 Å². The fraction of sp³-hybridized carbons (Fsp3) is 0.562. The number of halogens is 2. The molecule has 0 unspecified atom stereocenters. The highest BCUT2D eigenvalue weighted by atomic mass is 32.2. The Labute approximate surface area is 152 Å². The van der Waals surface area contributed by atoms with Crippen LogP contribution in [0.1, 0.15) is 10.4 Å². The Morgan fingerprint density at radius 2 is 1.92 bits per heavy atom. The van der Waals surface area contributed by atoms with E-state index in [1.165, 1.54) is 10.4 Å². The SMILES string of the molecule is CS(=O)(=O)N(CCNC(=O)c1ccc(F)c(F)c1)CCN1CCOCC1. The summed E-state index contributed by atoms with van der Waals surface area (Å²) in [6.07, 6.45) is 1.11. The van der Waals surface area contributed by atoms with E-state index in [1.807, 2.05) is 0 Å². The van der Waals surface area contributed by atoms with Crippen LogP contribution < -0.4 is 5.32 Å². The third-order valence-corrected chi connectivity index (χ3v) is 5.37. The van der Waals surface area contributed by atoms with E-state index in [4.69, 9.17) is 4.74 Å². The summed E-state index contributed by atoms with van der Waals surface area (Å²) in [6, 6.07) is 2.84. The molecule has 1 N–H and O–H groups in total. The number of amides is 1. The number of carbonyl (C=O) groups excluding carboxylic acids is 1. The highest BCUT2D eigenvalue weighted by Crippen LogP contribution is 2.08. The summed E-state index contributed by atoms with van der Waals surface area (Å²) < 4.78 is 56.4. The molecule has 1 aliphatic heterocycles. The van der Waals surface area contributed by atoms with Crippen LogP contribution in [-0.2, 0) is 14.8 Å². The first kappa shape index (κ1) is 20.7. The Bertz CT molecular complexity index is 724. The van der Waals surface area contributed by atoms with Crippen molar-refractivity contribution < 1.29 is 26.7 Å². The normalized spacial score (nSPS) is 16.0. The van der Waals surface area contributed by atoms with Crippen molar-refractivity contribution in [2.45, 2.75) is 0 Å². The fourth-order valence-electron chi connectivity index (χ4n) is 2.55. The molecule has 0 aliphatic carbocycles. The lowest BCUT2D eigenvalue weighted by atomic mass is 10.2. The molecule has 7 nitrogen and oxygen atoms in total. The number of rotatable bonds is 8. The lowest BCUT2D eigenvalue weighted by Crippen LogP contribution is -2.44. The molecule has 1 saturated heterocycles. The Morgan fingerprint density at radius 1 is 1.23 bits per heavy atom. The third-order valence-electron chi connectivity index (χ3n) is 4.07. The number of hydrogen-bond acceptors (Lipinski definition) is 5. The summed E-state index contributed by atoms with van der Waals surface area (Å²) in [4.78, 5) is 14.1. The molecule has 146 valence electrons. The highest BCUT2D eigenvalue weighted by molar-refractivity contribution is 7.88. The quantitative estimate of drug-likeness (QED) is 0.689. The molecular weight excluding hydrogens is 368 g/mol. The summed E-state index contributed by atoms with van der Waals surface area (Å²) >= 11 is 0. The summed E-state index contributed by atoms with van der Waals surface area (Å²) in [5.41, 5.74) is -0.0249. The van der Waals surface area contributed by atoms with E-state index in [9.17, 15) is 22.0 Å². The van der Waals surface area contributed by atoms with Gasteiger partial charge in [0.1, 0.15) is 0 Å². The second kappa shape index (κ2) is 9.36. The number of ether oxygens (including phenoxy) is 1. The van der Waals surface area contributed by atoms with Crippen molar-refractivity contribution in [2.24, 2.45) is 0 Å². The van der Waals surface area contributed by atoms with Crippen LogP contribution in [0, 0.1) is 11.6 Å². The van der Waals surface area contributed by atoms with E-state index in [1.54, 1.807) is 0 Å². The van der Waals surface area contributed by atoms with E-state index in [0.717, 1.165) is 31.5 Å². The van der Waals surface area contributed by atoms with E-state index < -0.39 is 27.6 Å². The smallest absolute Gasteiger partial charge is 0.251 e. The van der Waals surface area contributed by atoms with E-state index in [-0.39, 0.29) is 18.7 Å². The Kier molecular flexibility index (Phi) is 7.44. The van der Waals surface area contributed by atoms with Gasteiger partial charge < -0.3 is 10.1 Å². The first-order chi connectivity index (χ1) is 12.3. The molecule has 26 heavy (non-hydrogen) atoms. The average Bonchev–Trinajstić information content (AvgIpc) is 2.60. The number of carbonyl (C=O) groups is 1. The molecule has 0 atom stereocenters. The standard InChI is InChI=1S/C16H23F2N3O4S/c1-26(23,24)21(7-6-20-8-10-25-11-9-20)5-4-19-16(22)13-2-3-14(17)15(18)12-13/h2-3,12H,4-11H2,1H3,(H,19,22). The zero-order chi connectivity index (χ0) is 19.2. The van der Waals surface area contributed by atoms with Gasteiger partial charge in [-0.15, -0.1) is 0 Å². The van der Waals surface area contributed by atoms with Crippen molar-refractivity contribution in [3.8, 4) is 0 Å². The first-order valence-corrected chi connectivity index (χ1v) is 10.1. The van der Waals surface area contributed by atoms with Gasteiger partial charge in [-0.25, -0.2) is 17.2 Å². The van der Waals surface area contributed by atoms with Gasteiger partial charge in [0, 0.05) is 44.8 Å². The van der Waals surface area contributed by atoms with Crippen LogP contribution in [0.2, 0.25) is 0 Å². The topological polar surface area (TPSA) is 79.0 Å². The molecule has 0 radical (unpaired) electrons. The van der Waals surface area contributed by atoms with Crippen molar-refractivity contribution in [3.63, 3.8) is 0 Å². The molecule has 0 aromatic heterocycles.